The Balaban J connectivity index is 1.54. The fourth-order valence-electron chi connectivity index (χ4n) is 3.67. The Morgan fingerprint density at radius 2 is 1.81 bits per heavy atom. The van der Waals surface area contributed by atoms with Crippen molar-refractivity contribution < 1.29 is 17.9 Å². The molecule has 0 unspecified atom stereocenters. The molecule has 1 heterocycles. The molecule has 0 aliphatic carbocycles. The number of carbonyl (C=O) groups is 1. The van der Waals surface area contributed by atoms with Crippen molar-refractivity contribution in [1.82, 2.24) is 10.0 Å². The van der Waals surface area contributed by atoms with Crippen LogP contribution in [0, 0.1) is 0 Å². The molecule has 9 heteroatoms. The largest absolute Gasteiger partial charge is 0.381 e. The summed E-state index contributed by atoms with van der Waals surface area (Å²) in [4.78, 5) is 12.4. The van der Waals surface area contributed by atoms with Gasteiger partial charge in [0.2, 0.25) is 15.9 Å². The number of nitrogens with one attached hydrogen (secondary N) is 2. The topological polar surface area (TPSA) is 84.5 Å². The number of rotatable bonds is 9. The predicted molar refractivity (Wildman–Crippen MR) is 128 cm³/mol. The third kappa shape index (κ3) is 7.05. The Hall–Kier alpha value is -1.90. The van der Waals surface area contributed by atoms with E-state index in [0.29, 0.717) is 42.6 Å². The molecule has 1 saturated heterocycles. The fraction of sp³-hybridized carbons (Fsp3) is 0.348. The highest BCUT2D eigenvalue weighted by Gasteiger charge is 2.36. The SMILES string of the molecule is O=C(CCNS(=O)(=O)/C=C/c1ccccc1)NCC1(c2ccc(Cl)cc2Cl)CCOCC1. The van der Waals surface area contributed by atoms with Gasteiger partial charge in [0.05, 0.1) is 0 Å². The summed E-state index contributed by atoms with van der Waals surface area (Å²) in [7, 11) is -3.63. The van der Waals surface area contributed by atoms with Gasteiger partial charge in [-0.3, -0.25) is 4.79 Å². The van der Waals surface area contributed by atoms with Crippen LogP contribution in [-0.2, 0) is 25.0 Å². The summed E-state index contributed by atoms with van der Waals surface area (Å²) in [5.41, 5.74) is 1.35. The molecule has 2 aromatic carbocycles. The molecule has 0 aromatic heterocycles. The van der Waals surface area contributed by atoms with Gasteiger partial charge >= 0.3 is 0 Å². The summed E-state index contributed by atoms with van der Waals surface area (Å²) < 4.78 is 32.2. The predicted octanol–water partition coefficient (Wildman–Crippen LogP) is 4.14. The van der Waals surface area contributed by atoms with Crippen molar-refractivity contribution in [3.63, 3.8) is 0 Å². The molecule has 6 nitrogen and oxygen atoms in total. The highest BCUT2D eigenvalue weighted by atomic mass is 35.5. The summed E-state index contributed by atoms with van der Waals surface area (Å²) in [6.45, 7) is 1.53. The molecule has 0 atom stereocenters. The average Bonchev–Trinajstić information content (AvgIpc) is 2.78. The van der Waals surface area contributed by atoms with E-state index in [2.05, 4.69) is 10.0 Å². The first-order valence-electron chi connectivity index (χ1n) is 10.3. The molecule has 2 aromatic rings. The van der Waals surface area contributed by atoms with E-state index in [0.717, 1.165) is 16.5 Å². The van der Waals surface area contributed by atoms with E-state index < -0.39 is 10.0 Å². The van der Waals surface area contributed by atoms with Crippen LogP contribution in [-0.4, -0.2) is 40.6 Å². The van der Waals surface area contributed by atoms with E-state index in [1.54, 1.807) is 24.3 Å². The summed E-state index contributed by atoms with van der Waals surface area (Å²) in [5, 5.41) is 5.15. The second-order valence-corrected chi connectivity index (χ2v) is 10.2. The number of hydrogen-bond acceptors (Lipinski definition) is 4. The van der Waals surface area contributed by atoms with Crippen molar-refractivity contribution in [3.05, 3.63) is 75.1 Å². The van der Waals surface area contributed by atoms with Crippen LogP contribution in [0.15, 0.2) is 53.9 Å². The Kier molecular flexibility index (Phi) is 8.73. The van der Waals surface area contributed by atoms with Crippen molar-refractivity contribution in [1.29, 1.82) is 0 Å². The van der Waals surface area contributed by atoms with Crippen LogP contribution in [0.25, 0.3) is 6.08 Å². The first kappa shape index (κ1) is 24.7. The number of carbonyl (C=O) groups excluding carboxylic acids is 1. The monoisotopic (exact) mass is 496 g/mol. The first-order chi connectivity index (χ1) is 15.3. The molecular formula is C23H26Cl2N2O4S. The first-order valence-corrected chi connectivity index (χ1v) is 12.6. The number of halogens is 2. The van der Waals surface area contributed by atoms with Gasteiger partial charge in [0.25, 0.3) is 0 Å². The Morgan fingerprint density at radius 3 is 2.50 bits per heavy atom. The minimum absolute atomic E-state index is 0.00507. The second-order valence-electron chi connectivity index (χ2n) is 7.70. The minimum Gasteiger partial charge on any atom is -0.381 e. The van der Waals surface area contributed by atoms with Gasteiger partial charge in [0.15, 0.2) is 0 Å². The van der Waals surface area contributed by atoms with Crippen LogP contribution < -0.4 is 10.0 Å². The third-order valence-electron chi connectivity index (χ3n) is 5.47. The van der Waals surface area contributed by atoms with Crippen LogP contribution in [0.1, 0.15) is 30.4 Å². The fourth-order valence-corrected chi connectivity index (χ4v) is 5.09. The zero-order valence-corrected chi connectivity index (χ0v) is 19.8. The van der Waals surface area contributed by atoms with Crippen LogP contribution in [0.3, 0.4) is 0 Å². The maximum atomic E-state index is 12.4. The molecule has 1 aliphatic rings. The lowest BCUT2D eigenvalue weighted by molar-refractivity contribution is -0.121. The van der Waals surface area contributed by atoms with E-state index >= 15 is 0 Å². The number of sulfonamides is 1. The molecule has 0 bridgehead atoms. The number of hydrogen-bond donors (Lipinski definition) is 2. The van der Waals surface area contributed by atoms with Crippen LogP contribution in [0.5, 0.6) is 0 Å². The van der Waals surface area contributed by atoms with E-state index in [1.165, 1.54) is 6.08 Å². The lowest BCUT2D eigenvalue weighted by atomic mass is 9.74. The Bertz CT molecular complexity index is 1050. The van der Waals surface area contributed by atoms with Crippen LogP contribution in [0.4, 0.5) is 0 Å². The van der Waals surface area contributed by atoms with Crippen molar-refractivity contribution in [3.8, 4) is 0 Å². The molecule has 1 fully saturated rings. The van der Waals surface area contributed by atoms with Gasteiger partial charge in [-0.1, -0.05) is 59.6 Å². The number of ether oxygens (including phenoxy) is 1. The van der Waals surface area contributed by atoms with Crippen molar-refractivity contribution in [2.24, 2.45) is 0 Å². The highest BCUT2D eigenvalue weighted by Crippen LogP contribution is 2.39. The van der Waals surface area contributed by atoms with Crippen molar-refractivity contribution >= 4 is 45.2 Å². The van der Waals surface area contributed by atoms with Crippen LogP contribution in [0.2, 0.25) is 10.0 Å². The molecule has 1 amide bonds. The van der Waals surface area contributed by atoms with Gasteiger partial charge < -0.3 is 10.1 Å². The van der Waals surface area contributed by atoms with Crippen LogP contribution >= 0.6 is 23.2 Å². The molecule has 32 heavy (non-hydrogen) atoms. The normalized spacial score (nSPS) is 16.2. The van der Waals surface area contributed by atoms with Gasteiger partial charge in [-0.15, -0.1) is 0 Å². The van der Waals surface area contributed by atoms with Crippen molar-refractivity contribution in [2.75, 3.05) is 26.3 Å². The molecule has 172 valence electrons. The van der Waals surface area contributed by atoms with Gasteiger partial charge in [0.1, 0.15) is 0 Å². The third-order valence-corrected chi connectivity index (χ3v) is 7.12. The lowest BCUT2D eigenvalue weighted by Gasteiger charge is -2.38. The minimum atomic E-state index is -3.63. The Labute approximate surface area is 199 Å². The van der Waals surface area contributed by atoms with Gasteiger partial charge in [-0.25, -0.2) is 13.1 Å². The Morgan fingerprint density at radius 1 is 1.09 bits per heavy atom. The molecule has 2 N–H and O–H groups in total. The lowest BCUT2D eigenvalue weighted by Crippen LogP contribution is -2.45. The summed E-state index contributed by atoms with van der Waals surface area (Å²) >= 11 is 12.5. The highest BCUT2D eigenvalue weighted by molar-refractivity contribution is 7.92. The molecular weight excluding hydrogens is 471 g/mol. The van der Waals surface area contributed by atoms with E-state index in [1.807, 2.05) is 24.3 Å². The summed E-state index contributed by atoms with van der Waals surface area (Å²) in [6, 6.07) is 14.5. The zero-order chi connectivity index (χ0) is 23.0. The number of amides is 1. The average molecular weight is 497 g/mol. The van der Waals surface area contributed by atoms with E-state index in [9.17, 15) is 13.2 Å². The van der Waals surface area contributed by atoms with Gasteiger partial charge in [-0.2, -0.15) is 0 Å². The maximum absolute atomic E-state index is 12.4. The standard InChI is InChI=1S/C23H26Cl2N2O4S/c24-19-6-7-20(21(25)16-19)23(10-13-31-14-11-23)17-26-22(28)8-12-27-32(29,30)15-9-18-4-2-1-3-5-18/h1-7,9,15-16,27H,8,10-14,17H2,(H,26,28)/b15-9+. The van der Waals surface area contributed by atoms with E-state index in [4.69, 9.17) is 27.9 Å². The van der Waals surface area contributed by atoms with E-state index in [-0.39, 0.29) is 24.3 Å². The molecule has 0 saturated carbocycles. The van der Waals surface area contributed by atoms with Gasteiger partial charge in [0, 0.05) is 53.6 Å². The second kappa shape index (κ2) is 11.3. The summed E-state index contributed by atoms with van der Waals surface area (Å²) in [5.74, 6) is -0.240. The van der Waals surface area contributed by atoms with Gasteiger partial charge in [-0.05, 0) is 42.2 Å². The smallest absolute Gasteiger partial charge is 0.233 e. The molecule has 0 radical (unpaired) electrons. The maximum Gasteiger partial charge on any atom is 0.233 e. The zero-order valence-electron chi connectivity index (χ0n) is 17.5. The summed E-state index contributed by atoms with van der Waals surface area (Å²) in [6.07, 6.45) is 2.96. The molecule has 3 rings (SSSR count). The molecule has 0 spiro atoms. The quantitative estimate of drug-likeness (QED) is 0.546. The molecule has 1 aliphatic heterocycles. The number of benzene rings is 2. The van der Waals surface area contributed by atoms with Crippen molar-refractivity contribution in [2.45, 2.75) is 24.7 Å².